The van der Waals surface area contributed by atoms with Crippen LogP contribution in [0.15, 0.2) is 36.4 Å². The van der Waals surface area contributed by atoms with E-state index in [0.29, 0.717) is 29.8 Å². The molecular formula is C26H22N4O7. The molecule has 3 aliphatic heterocycles. The minimum atomic E-state index is -0.692. The van der Waals surface area contributed by atoms with E-state index in [4.69, 9.17) is 4.74 Å². The molecule has 4 amide bonds. The van der Waals surface area contributed by atoms with Gasteiger partial charge in [-0.1, -0.05) is 17.9 Å². The number of likely N-dealkylation sites (tertiary alicyclic amines) is 1. The minimum absolute atomic E-state index is 0.0200. The summed E-state index contributed by atoms with van der Waals surface area (Å²) in [5.41, 5.74) is 2.01. The van der Waals surface area contributed by atoms with Crippen molar-refractivity contribution in [1.29, 1.82) is 0 Å². The van der Waals surface area contributed by atoms with Gasteiger partial charge < -0.3 is 14.5 Å². The molecule has 5 rings (SSSR count). The lowest BCUT2D eigenvalue weighted by Crippen LogP contribution is -2.52. The first kappa shape index (κ1) is 24.0. The van der Waals surface area contributed by atoms with Crippen LogP contribution < -0.4 is 10.1 Å². The highest BCUT2D eigenvalue weighted by Crippen LogP contribution is 2.31. The summed E-state index contributed by atoms with van der Waals surface area (Å²) in [4.78, 5) is 63.1. The fraction of sp³-hybridized carbons (Fsp3) is 0.308. The molecule has 0 saturated carbocycles. The maximum atomic E-state index is 13.0. The third-order valence-corrected chi connectivity index (χ3v) is 6.79. The average molecular weight is 502 g/mol. The topological polar surface area (TPSA) is 139 Å². The van der Waals surface area contributed by atoms with E-state index in [1.165, 1.54) is 30.2 Å². The molecular weight excluding hydrogens is 480 g/mol. The van der Waals surface area contributed by atoms with Crippen molar-refractivity contribution in [2.24, 2.45) is 5.92 Å². The summed E-state index contributed by atoms with van der Waals surface area (Å²) in [5, 5.41) is 13.4. The highest BCUT2D eigenvalue weighted by molar-refractivity contribution is 6.05. The lowest BCUT2D eigenvalue weighted by molar-refractivity contribution is -0.385. The molecule has 188 valence electrons. The Bertz CT molecular complexity index is 1420. The second-order valence-corrected chi connectivity index (χ2v) is 9.05. The van der Waals surface area contributed by atoms with E-state index < -0.39 is 16.9 Å². The Morgan fingerprint density at radius 2 is 1.97 bits per heavy atom. The second-order valence-electron chi connectivity index (χ2n) is 9.05. The molecule has 0 radical (unpaired) electrons. The summed E-state index contributed by atoms with van der Waals surface area (Å²) in [5.74, 6) is 4.92. The van der Waals surface area contributed by atoms with Gasteiger partial charge in [-0.15, -0.1) is 0 Å². The number of fused-ring (bicyclic) bond motifs is 1. The fourth-order valence-corrected chi connectivity index (χ4v) is 4.76. The molecule has 37 heavy (non-hydrogen) atoms. The Hall–Kier alpha value is -4.72. The quantitative estimate of drug-likeness (QED) is 0.289. The van der Waals surface area contributed by atoms with Crippen LogP contribution in [-0.2, 0) is 16.1 Å². The molecule has 11 nitrogen and oxygen atoms in total. The van der Waals surface area contributed by atoms with Crippen molar-refractivity contribution in [1.82, 2.24) is 15.1 Å². The Kier molecular flexibility index (Phi) is 6.09. The molecule has 2 fully saturated rings. The number of carbonyl (C=O) groups is 4. The zero-order valence-corrected chi connectivity index (χ0v) is 19.9. The van der Waals surface area contributed by atoms with Gasteiger partial charge in [-0.3, -0.25) is 34.6 Å². The number of methoxy groups -OCH3 is 1. The minimum Gasteiger partial charge on any atom is -0.490 e. The highest BCUT2D eigenvalue weighted by atomic mass is 16.6. The third-order valence-electron chi connectivity index (χ3n) is 6.79. The molecule has 0 spiro atoms. The standard InChI is InChI=1S/C26H22N4O7/c1-37-22-11-17(7-8-20(22)30(35)36)25(33)28-12-15(13-28)5-6-16-3-2-4-18-19(16)14-29(26(18)34)21-9-10-23(31)27-24(21)32/h2-4,7-8,11,15,21H,9-10,12-14H2,1H3,(H,27,31,32). The van der Waals surface area contributed by atoms with E-state index in [9.17, 15) is 29.3 Å². The van der Waals surface area contributed by atoms with Gasteiger partial charge >= 0.3 is 5.69 Å². The van der Waals surface area contributed by atoms with Crippen molar-refractivity contribution >= 4 is 29.3 Å². The zero-order chi connectivity index (χ0) is 26.3. The van der Waals surface area contributed by atoms with Gasteiger partial charge in [0.25, 0.3) is 11.8 Å². The SMILES string of the molecule is COc1cc(C(=O)N2CC(C#Cc3cccc4c3CN(C3CCC(=O)NC3=O)C4=O)C2)ccc1[N+](=O)[O-]. The number of ether oxygens (including phenoxy) is 1. The molecule has 2 aromatic rings. The number of nitrogens with zero attached hydrogens (tertiary/aromatic N) is 3. The second kappa shape index (κ2) is 9.39. The highest BCUT2D eigenvalue weighted by Gasteiger charge is 2.39. The van der Waals surface area contributed by atoms with Crippen LogP contribution in [0.3, 0.4) is 0 Å². The number of hydrogen-bond acceptors (Lipinski definition) is 7. The number of nitrogens with one attached hydrogen (secondary N) is 1. The van der Waals surface area contributed by atoms with E-state index in [1.54, 1.807) is 17.0 Å². The van der Waals surface area contributed by atoms with Crippen molar-refractivity contribution < 1.29 is 28.8 Å². The molecule has 2 saturated heterocycles. The number of carbonyl (C=O) groups excluding carboxylic acids is 4. The molecule has 1 unspecified atom stereocenters. The average Bonchev–Trinajstić information content (AvgIpc) is 3.19. The number of amides is 4. The first-order chi connectivity index (χ1) is 17.8. The van der Waals surface area contributed by atoms with Gasteiger partial charge in [-0.2, -0.15) is 0 Å². The molecule has 3 heterocycles. The first-order valence-electron chi connectivity index (χ1n) is 11.7. The number of piperidine rings is 1. The van der Waals surface area contributed by atoms with Crippen LogP contribution >= 0.6 is 0 Å². The van der Waals surface area contributed by atoms with Gasteiger partial charge in [0.05, 0.1) is 18.0 Å². The van der Waals surface area contributed by atoms with Crippen molar-refractivity contribution in [3.8, 4) is 17.6 Å². The predicted octanol–water partition coefficient (Wildman–Crippen LogP) is 1.49. The van der Waals surface area contributed by atoms with Gasteiger partial charge in [0, 0.05) is 54.9 Å². The summed E-state index contributed by atoms with van der Waals surface area (Å²) < 4.78 is 5.04. The van der Waals surface area contributed by atoms with Crippen LogP contribution in [0.5, 0.6) is 5.75 Å². The normalized spacial score (nSPS) is 18.9. The maximum absolute atomic E-state index is 13.0. The first-order valence-corrected chi connectivity index (χ1v) is 11.7. The van der Waals surface area contributed by atoms with Crippen LogP contribution in [0.4, 0.5) is 5.69 Å². The van der Waals surface area contributed by atoms with Crippen LogP contribution in [0.25, 0.3) is 0 Å². The van der Waals surface area contributed by atoms with Crippen molar-refractivity contribution in [3.05, 3.63) is 68.8 Å². The van der Waals surface area contributed by atoms with Crippen molar-refractivity contribution in [2.45, 2.75) is 25.4 Å². The molecule has 1 atom stereocenters. The summed E-state index contributed by atoms with van der Waals surface area (Å²) in [7, 11) is 1.31. The Balaban J connectivity index is 1.25. The number of benzene rings is 2. The monoisotopic (exact) mass is 502 g/mol. The molecule has 0 bridgehead atoms. The number of nitro benzene ring substituents is 1. The molecule has 0 aliphatic carbocycles. The number of rotatable bonds is 4. The maximum Gasteiger partial charge on any atom is 0.310 e. The summed E-state index contributed by atoms with van der Waals surface area (Å²) in [6.07, 6.45) is 0.477. The summed E-state index contributed by atoms with van der Waals surface area (Å²) in [6, 6.07) is 8.58. The Labute approximate surface area is 211 Å². The van der Waals surface area contributed by atoms with E-state index >= 15 is 0 Å². The number of nitro groups is 1. The molecule has 0 aromatic heterocycles. The van der Waals surface area contributed by atoms with E-state index in [1.807, 2.05) is 6.07 Å². The fourth-order valence-electron chi connectivity index (χ4n) is 4.76. The summed E-state index contributed by atoms with van der Waals surface area (Å²) in [6.45, 7) is 1.05. The van der Waals surface area contributed by atoms with Gasteiger partial charge in [-0.25, -0.2) is 0 Å². The molecule has 1 N–H and O–H groups in total. The summed E-state index contributed by atoms with van der Waals surface area (Å²) >= 11 is 0. The third kappa shape index (κ3) is 4.38. The Morgan fingerprint density at radius 3 is 2.68 bits per heavy atom. The van der Waals surface area contributed by atoms with Crippen LogP contribution in [0, 0.1) is 27.9 Å². The van der Waals surface area contributed by atoms with E-state index in [-0.39, 0.29) is 54.5 Å². The van der Waals surface area contributed by atoms with Crippen LogP contribution in [-0.4, -0.2) is 64.6 Å². The van der Waals surface area contributed by atoms with E-state index in [2.05, 4.69) is 17.2 Å². The molecule has 3 aliphatic rings. The number of imide groups is 1. The molecule has 11 heteroatoms. The predicted molar refractivity (Wildman–Crippen MR) is 128 cm³/mol. The largest absolute Gasteiger partial charge is 0.490 e. The lowest BCUT2D eigenvalue weighted by atomic mass is 9.97. The zero-order valence-electron chi connectivity index (χ0n) is 19.9. The van der Waals surface area contributed by atoms with Crippen molar-refractivity contribution in [2.75, 3.05) is 20.2 Å². The van der Waals surface area contributed by atoms with Gasteiger partial charge in [0.1, 0.15) is 6.04 Å². The van der Waals surface area contributed by atoms with Crippen LogP contribution in [0.1, 0.15) is 44.7 Å². The lowest BCUT2D eigenvalue weighted by Gasteiger charge is -2.36. The van der Waals surface area contributed by atoms with Crippen LogP contribution in [0.2, 0.25) is 0 Å². The smallest absolute Gasteiger partial charge is 0.310 e. The Morgan fingerprint density at radius 1 is 1.19 bits per heavy atom. The van der Waals surface area contributed by atoms with Gasteiger partial charge in [-0.05, 0) is 30.2 Å². The van der Waals surface area contributed by atoms with Gasteiger partial charge in [0.2, 0.25) is 11.8 Å². The molecule has 2 aromatic carbocycles. The van der Waals surface area contributed by atoms with Gasteiger partial charge in [0.15, 0.2) is 5.75 Å². The number of hydrogen-bond donors (Lipinski definition) is 1. The van der Waals surface area contributed by atoms with E-state index in [0.717, 1.165) is 5.56 Å². The van der Waals surface area contributed by atoms with Crippen molar-refractivity contribution in [3.63, 3.8) is 0 Å².